The van der Waals surface area contributed by atoms with Crippen LogP contribution in [-0.4, -0.2) is 21.8 Å². The Kier molecular flexibility index (Phi) is 5.09. The second kappa shape index (κ2) is 7.25. The molecule has 3 rings (SSSR count). The molecule has 0 spiro atoms. The predicted octanol–water partition coefficient (Wildman–Crippen LogP) is 4.04. The third kappa shape index (κ3) is 3.80. The fraction of sp³-hybridized carbons (Fsp3) is 0.125. The van der Waals surface area contributed by atoms with Crippen LogP contribution >= 0.6 is 27.7 Å². The quantitative estimate of drug-likeness (QED) is 0.665. The number of hydrogen-bond donors (Lipinski definition) is 1. The summed E-state index contributed by atoms with van der Waals surface area (Å²) in [5.74, 6) is -0.539. The van der Waals surface area contributed by atoms with Crippen molar-refractivity contribution in [1.82, 2.24) is 20.1 Å². The minimum absolute atomic E-state index is 0.340. The molecule has 23 heavy (non-hydrogen) atoms. The summed E-state index contributed by atoms with van der Waals surface area (Å²) in [7, 11) is 1.85. The molecule has 2 heterocycles. The van der Waals surface area contributed by atoms with Crippen LogP contribution in [0.1, 0.15) is 5.69 Å². The van der Waals surface area contributed by atoms with E-state index in [1.54, 1.807) is 16.8 Å². The van der Waals surface area contributed by atoms with Crippen molar-refractivity contribution in [2.45, 2.75) is 16.5 Å². The molecule has 0 radical (unpaired) electrons. The molecule has 7 heteroatoms. The van der Waals surface area contributed by atoms with E-state index < -0.39 is 5.95 Å². The lowest BCUT2D eigenvalue weighted by molar-refractivity contribution is 0.562. The fourth-order valence-corrected chi connectivity index (χ4v) is 3.66. The van der Waals surface area contributed by atoms with Gasteiger partial charge in [0.05, 0.1) is 5.69 Å². The van der Waals surface area contributed by atoms with Crippen molar-refractivity contribution in [1.29, 1.82) is 0 Å². The Morgan fingerprint density at radius 2 is 2.13 bits per heavy atom. The summed E-state index contributed by atoms with van der Waals surface area (Å²) < 4.78 is 16.6. The molecule has 0 aliphatic heterocycles. The van der Waals surface area contributed by atoms with Gasteiger partial charge in [-0.3, -0.25) is 0 Å². The van der Waals surface area contributed by atoms with E-state index in [9.17, 15) is 4.39 Å². The van der Waals surface area contributed by atoms with Crippen molar-refractivity contribution in [3.05, 3.63) is 64.8 Å². The Bertz CT molecular complexity index is 821. The van der Waals surface area contributed by atoms with Crippen LogP contribution in [0.4, 0.5) is 4.39 Å². The van der Waals surface area contributed by atoms with Crippen molar-refractivity contribution >= 4 is 27.7 Å². The van der Waals surface area contributed by atoms with Crippen LogP contribution in [0.5, 0.6) is 0 Å². The summed E-state index contributed by atoms with van der Waals surface area (Å²) in [6, 6.07) is 13.3. The monoisotopic (exact) mass is 392 g/mol. The minimum atomic E-state index is -0.539. The zero-order valence-electron chi connectivity index (χ0n) is 12.3. The molecule has 0 unspecified atom stereocenters. The van der Waals surface area contributed by atoms with E-state index in [4.69, 9.17) is 0 Å². The molecular weight excluding hydrogens is 379 g/mol. The summed E-state index contributed by atoms with van der Waals surface area (Å²) in [5, 5.41) is 8.39. The summed E-state index contributed by atoms with van der Waals surface area (Å²) >= 11 is 4.99. The molecule has 1 N–H and O–H groups in total. The molecule has 3 aromatic rings. The van der Waals surface area contributed by atoms with Gasteiger partial charge >= 0.3 is 0 Å². The molecule has 0 saturated heterocycles. The average Bonchev–Trinajstić information content (AvgIpc) is 2.90. The molecule has 0 bridgehead atoms. The highest BCUT2D eigenvalue weighted by atomic mass is 79.9. The van der Waals surface area contributed by atoms with Gasteiger partial charge in [0.1, 0.15) is 10.7 Å². The first kappa shape index (κ1) is 16.2. The summed E-state index contributed by atoms with van der Waals surface area (Å²) in [6.07, 6.45) is 1.43. The first-order valence-electron chi connectivity index (χ1n) is 6.95. The van der Waals surface area contributed by atoms with Crippen LogP contribution in [-0.2, 0) is 6.54 Å². The molecule has 0 atom stereocenters. The lowest BCUT2D eigenvalue weighted by Crippen LogP contribution is -2.07. The van der Waals surface area contributed by atoms with Crippen molar-refractivity contribution < 1.29 is 4.39 Å². The van der Waals surface area contributed by atoms with Crippen molar-refractivity contribution in [2.24, 2.45) is 0 Å². The Morgan fingerprint density at radius 1 is 1.26 bits per heavy atom. The van der Waals surface area contributed by atoms with Crippen molar-refractivity contribution in [2.75, 3.05) is 7.05 Å². The number of hydrogen-bond acceptors (Lipinski definition) is 4. The van der Waals surface area contributed by atoms with Crippen molar-refractivity contribution in [3.8, 4) is 5.69 Å². The molecule has 1 aromatic carbocycles. The maximum absolute atomic E-state index is 14.0. The molecule has 0 saturated carbocycles. The highest BCUT2D eigenvalue weighted by Crippen LogP contribution is 2.32. The average molecular weight is 393 g/mol. The van der Waals surface area contributed by atoms with Crippen LogP contribution in [0.25, 0.3) is 5.69 Å². The van der Waals surface area contributed by atoms with Gasteiger partial charge in [0, 0.05) is 22.1 Å². The molecular formula is C16H14BrFN4S. The number of pyridine rings is 1. The van der Waals surface area contributed by atoms with Crippen LogP contribution < -0.4 is 5.32 Å². The largest absolute Gasteiger partial charge is 0.314 e. The summed E-state index contributed by atoms with van der Waals surface area (Å²) in [5.41, 5.74) is 1.18. The maximum Gasteiger partial charge on any atom is 0.238 e. The lowest BCUT2D eigenvalue weighted by atomic mass is 10.4. The number of nitrogens with one attached hydrogen (secondary N) is 1. The number of nitrogens with zero attached hydrogens (tertiary/aromatic N) is 3. The zero-order valence-corrected chi connectivity index (χ0v) is 14.7. The fourth-order valence-electron chi connectivity index (χ4n) is 2.11. The Balaban J connectivity index is 2.03. The number of benzene rings is 1. The standard InChI is InChI=1S/C16H14BrFN4S/c1-19-10-12-9-15(23-13-5-2-4-11(17)8-13)22(21-12)14-6-3-7-20-16(14)18/h2-9,19H,10H2,1H3. The van der Waals surface area contributed by atoms with Crippen LogP contribution in [0.3, 0.4) is 0 Å². The van der Waals surface area contributed by atoms with Gasteiger partial charge in [0.25, 0.3) is 0 Å². The van der Waals surface area contributed by atoms with Crippen molar-refractivity contribution in [3.63, 3.8) is 0 Å². The summed E-state index contributed by atoms with van der Waals surface area (Å²) in [4.78, 5) is 4.76. The van der Waals surface area contributed by atoms with E-state index in [0.29, 0.717) is 12.2 Å². The van der Waals surface area contributed by atoms with Gasteiger partial charge in [-0.15, -0.1) is 0 Å². The van der Waals surface area contributed by atoms with Gasteiger partial charge in [-0.25, -0.2) is 9.67 Å². The summed E-state index contributed by atoms with van der Waals surface area (Å²) in [6.45, 7) is 0.612. The van der Waals surface area contributed by atoms with Gasteiger partial charge in [-0.05, 0) is 43.4 Å². The smallest absolute Gasteiger partial charge is 0.238 e. The molecule has 4 nitrogen and oxygen atoms in total. The van der Waals surface area contributed by atoms with Gasteiger partial charge in [0.15, 0.2) is 0 Å². The number of rotatable bonds is 5. The molecule has 0 aliphatic rings. The second-order valence-corrected chi connectivity index (χ2v) is 6.80. The van der Waals surface area contributed by atoms with Gasteiger partial charge in [0.2, 0.25) is 5.95 Å². The van der Waals surface area contributed by atoms with E-state index in [1.165, 1.54) is 18.0 Å². The first-order chi connectivity index (χ1) is 11.2. The molecule has 118 valence electrons. The van der Waals surface area contributed by atoms with E-state index in [1.807, 2.05) is 37.4 Å². The van der Waals surface area contributed by atoms with E-state index in [0.717, 1.165) is 20.1 Å². The molecule has 0 aliphatic carbocycles. The van der Waals surface area contributed by atoms with Crippen LogP contribution in [0.2, 0.25) is 0 Å². The SMILES string of the molecule is CNCc1cc(Sc2cccc(Br)c2)n(-c2cccnc2F)n1. The van der Waals surface area contributed by atoms with Crippen LogP contribution in [0, 0.1) is 5.95 Å². The Labute approximate surface area is 146 Å². The highest BCUT2D eigenvalue weighted by Gasteiger charge is 2.14. The topological polar surface area (TPSA) is 42.7 Å². The highest BCUT2D eigenvalue weighted by molar-refractivity contribution is 9.10. The van der Waals surface area contributed by atoms with Gasteiger partial charge in [-0.1, -0.05) is 33.8 Å². The first-order valence-corrected chi connectivity index (χ1v) is 8.56. The molecule has 0 amide bonds. The minimum Gasteiger partial charge on any atom is -0.314 e. The Morgan fingerprint density at radius 3 is 2.87 bits per heavy atom. The third-order valence-electron chi connectivity index (χ3n) is 3.07. The Hall–Kier alpha value is -1.70. The normalized spacial score (nSPS) is 10.9. The zero-order chi connectivity index (χ0) is 16.2. The number of halogens is 2. The molecule has 2 aromatic heterocycles. The van der Waals surface area contributed by atoms with Gasteiger partial charge in [-0.2, -0.15) is 9.49 Å². The van der Waals surface area contributed by atoms with E-state index >= 15 is 0 Å². The molecule has 0 fully saturated rings. The van der Waals surface area contributed by atoms with Crippen LogP contribution in [0.15, 0.2) is 63.1 Å². The number of aromatic nitrogens is 3. The predicted molar refractivity (Wildman–Crippen MR) is 92.3 cm³/mol. The van der Waals surface area contributed by atoms with E-state index in [-0.39, 0.29) is 0 Å². The third-order valence-corrected chi connectivity index (χ3v) is 4.55. The van der Waals surface area contributed by atoms with Gasteiger partial charge < -0.3 is 5.32 Å². The second-order valence-electron chi connectivity index (χ2n) is 4.79. The lowest BCUT2D eigenvalue weighted by Gasteiger charge is -2.07. The maximum atomic E-state index is 14.0. The van der Waals surface area contributed by atoms with E-state index in [2.05, 4.69) is 31.3 Å².